The lowest BCUT2D eigenvalue weighted by atomic mass is 10.1. The molecule has 1 aliphatic rings. The first-order chi connectivity index (χ1) is 13.7. The maximum atomic E-state index is 13.9. The molecule has 0 radical (unpaired) electrons. The number of nitrogens with zero attached hydrogens (tertiary/aromatic N) is 2. The van der Waals surface area contributed by atoms with Crippen molar-refractivity contribution in [3.8, 4) is 5.75 Å². The van der Waals surface area contributed by atoms with Gasteiger partial charge in [0, 0.05) is 48.9 Å². The van der Waals surface area contributed by atoms with E-state index < -0.39 is 12.8 Å². The van der Waals surface area contributed by atoms with E-state index in [4.69, 9.17) is 16.3 Å². The van der Waals surface area contributed by atoms with Gasteiger partial charge in [-0.3, -0.25) is 9.69 Å². The molecule has 0 aliphatic carbocycles. The normalized spacial score (nSPS) is 15.4. The highest BCUT2D eigenvalue weighted by molar-refractivity contribution is 6.31. The summed E-state index contributed by atoms with van der Waals surface area (Å²) in [5, 5.41) is 0.360. The maximum absolute atomic E-state index is 13.9. The molecule has 0 unspecified atom stereocenters. The molecule has 3 rings (SSSR count). The van der Waals surface area contributed by atoms with Crippen molar-refractivity contribution in [1.82, 2.24) is 9.80 Å². The Morgan fingerprint density at radius 1 is 1.07 bits per heavy atom. The van der Waals surface area contributed by atoms with E-state index >= 15 is 0 Å². The zero-order chi connectivity index (χ0) is 21.0. The topological polar surface area (TPSA) is 32.8 Å². The van der Waals surface area contributed by atoms with Gasteiger partial charge in [-0.15, -0.1) is 0 Å². The van der Waals surface area contributed by atoms with Gasteiger partial charge in [-0.2, -0.15) is 13.2 Å². The molecule has 2 aromatic rings. The molecular weight excluding hydrogens is 412 g/mol. The van der Waals surface area contributed by atoms with E-state index in [0.29, 0.717) is 43.3 Å². The van der Waals surface area contributed by atoms with Crippen LogP contribution in [0.25, 0.3) is 0 Å². The van der Waals surface area contributed by atoms with Crippen molar-refractivity contribution < 1.29 is 27.1 Å². The van der Waals surface area contributed by atoms with Crippen LogP contribution in [-0.2, 0) is 6.54 Å². The van der Waals surface area contributed by atoms with Crippen LogP contribution in [0.5, 0.6) is 5.75 Å². The van der Waals surface area contributed by atoms with Gasteiger partial charge in [0.05, 0.1) is 0 Å². The highest BCUT2D eigenvalue weighted by atomic mass is 35.5. The van der Waals surface area contributed by atoms with Crippen molar-refractivity contribution in [2.75, 3.05) is 32.8 Å². The quantitative estimate of drug-likeness (QED) is 0.660. The number of hydrogen-bond donors (Lipinski definition) is 0. The first-order valence-electron chi connectivity index (χ1n) is 8.97. The Morgan fingerprint density at radius 3 is 2.41 bits per heavy atom. The summed E-state index contributed by atoms with van der Waals surface area (Å²) in [6, 6.07) is 10.2. The van der Waals surface area contributed by atoms with E-state index in [1.807, 2.05) is 4.90 Å². The third kappa shape index (κ3) is 5.83. The van der Waals surface area contributed by atoms with Gasteiger partial charge in [0.15, 0.2) is 6.61 Å². The maximum Gasteiger partial charge on any atom is 0.422 e. The van der Waals surface area contributed by atoms with Crippen molar-refractivity contribution in [2.24, 2.45) is 0 Å². The summed E-state index contributed by atoms with van der Waals surface area (Å²) in [6.07, 6.45) is -4.45. The number of alkyl halides is 3. The number of rotatable bonds is 5. The van der Waals surface area contributed by atoms with Crippen LogP contribution in [-0.4, -0.2) is 54.7 Å². The molecule has 0 N–H and O–H groups in total. The molecule has 1 saturated heterocycles. The molecule has 1 heterocycles. The van der Waals surface area contributed by atoms with Gasteiger partial charge < -0.3 is 9.64 Å². The Labute approximate surface area is 170 Å². The van der Waals surface area contributed by atoms with Crippen molar-refractivity contribution in [2.45, 2.75) is 12.7 Å². The van der Waals surface area contributed by atoms with Gasteiger partial charge in [0.25, 0.3) is 5.91 Å². The largest absolute Gasteiger partial charge is 0.484 e. The zero-order valence-corrected chi connectivity index (χ0v) is 16.1. The summed E-state index contributed by atoms with van der Waals surface area (Å²) >= 11 is 6.06. The standard InChI is InChI=1S/C20H19ClF4N2O2/c21-17-5-2-6-18(22)16(17)12-26-7-9-27(10-8-26)19(28)14-3-1-4-15(11-14)29-13-20(23,24)25/h1-6,11H,7-10,12-13H2. The molecule has 0 saturated carbocycles. The van der Waals surface area contributed by atoms with Gasteiger partial charge in [0.2, 0.25) is 0 Å². The van der Waals surface area contributed by atoms with Crippen LogP contribution in [0.15, 0.2) is 42.5 Å². The number of carbonyl (C=O) groups is 1. The minimum Gasteiger partial charge on any atom is -0.484 e. The molecule has 2 aromatic carbocycles. The summed E-state index contributed by atoms with van der Waals surface area (Å²) in [6.45, 7) is 0.814. The molecule has 0 atom stereocenters. The number of benzene rings is 2. The first-order valence-corrected chi connectivity index (χ1v) is 9.35. The fourth-order valence-corrected chi connectivity index (χ4v) is 3.31. The second kappa shape index (κ2) is 9.00. The molecule has 1 aliphatic heterocycles. The van der Waals surface area contributed by atoms with Crippen LogP contribution in [0.1, 0.15) is 15.9 Å². The van der Waals surface area contributed by atoms with Crippen LogP contribution < -0.4 is 4.74 Å². The van der Waals surface area contributed by atoms with E-state index in [9.17, 15) is 22.4 Å². The fourth-order valence-electron chi connectivity index (χ4n) is 3.08. The third-order valence-electron chi connectivity index (χ3n) is 4.59. The molecule has 0 aromatic heterocycles. The molecule has 156 valence electrons. The Kier molecular flexibility index (Phi) is 6.64. The van der Waals surface area contributed by atoms with Crippen LogP contribution >= 0.6 is 11.6 Å². The first kappa shape index (κ1) is 21.4. The van der Waals surface area contributed by atoms with Crippen molar-refractivity contribution in [1.29, 1.82) is 0 Å². The van der Waals surface area contributed by atoms with E-state index in [2.05, 4.69) is 0 Å². The Bertz CT molecular complexity index is 848. The molecule has 0 bridgehead atoms. The SMILES string of the molecule is O=C(c1cccc(OCC(F)(F)F)c1)N1CCN(Cc2c(F)cccc2Cl)CC1. The molecule has 1 fully saturated rings. The average Bonchev–Trinajstić information content (AvgIpc) is 2.69. The molecule has 1 amide bonds. The number of hydrogen-bond acceptors (Lipinski definition) is 3. The van der Waals surface area contributed by atoms with Crippen LogP contribution in [0.3, 0.4) is 0 Å². The summed E-state index contributed by atoms with van der Waals surface area (Å²) in [5.74, 6) is -0.668. The number of amides is 1. The number of piperazine rings is 1. The van der Waals surface area contributed by atoms with Crippen LogP contribution in [0.2, 0.25) is 5.02 Å². The predicted molar refractivity (Wildman–Crippen MR) is 101 cm³/mol. The average molecular weight is 431 g/mol. The van der Waals surface area contributed by atoms with Gasteiger partial charge in [-0.25, -0.2) is 4.39 Å². The molecule has 29 heavy (non-hydrogen) atoms. The van der Waals surface area contributed by atoms with Crippen LogP contribution in [0.4, 0.5) is 17.6 Å². The highest BCUT2D eigenvalue weighted by Crippen LogP contribution is 2.23. The molecule has 0 spiro atoms. The summed E-state index contributed by atoms with van der Waals surface area (Å²) in [7, 11) is 0. The van der Waals surface area contributed by atoms with E-state index in [0.717, 1.165) is 0 Å². The molecule has 9 heteroatoms. The van der Waals surface area contributed by atoms with E-state index in [1.54, 1.807) is 17.0 Å². The minimum absolute atomic E-state index is 0.0130. The van der Waals surface area contributed by atoms with Crippen molar-refractivity contribution in [3.05, 3.63) is 64.4 Å². The number of halogens is 5. The van der Waals surface area contributed by atoms with Crippen LogP contribution in [0, 0.1) is 5.82 Å². The number of ether oxygens (including phenoxy) is 1. The van der Waals surface area contributed by atoms with Crippen molar-refractivity contribution >= 4 is 17.5 Å². The fraction of sp³-hybridized carbons (Fsp3) is 0.350. The smallest absolute Gasteiger partial charge is 0.422 e. The third-order valence-corrected chi connectivity index (χ3v) is 4.94. The van der Waals surface area contributed by atoms with Gasteiger partial charge in [-0.05, 0) is 30.3 Å². The number of carbonyl (C=O) groups excluding carboxylic acids is 1. The lowest BCUT2D eigenvalue weighted by Crippen LogP contribution is -2.48. The molecular formula is C20H19ClF4N2O2. The second-order valence-corrected chi connectivity index (χ2v) is 7.11. The Morgan fingerprint density at radius 2 is 1.76 bits per heavy atom. The predicted octanol–water partition coefficient (Wildman–Crippen LogP) is 4.38. The summed E-state index contributed by atoms with van der Waals surface area (Å²) in [4.78, 5) is 16.3. The monoisotopic (exact) mass is 430 g/mol. The Hall–Kier alpha value is -2.32. The highest BCUT2D eigenvalue weighted by Gasteiger charge is 2.29. The molecule has 4 nitrogen and oxygen atoms in total. The second-order valence-electron chi connectivity index (χ2n) is 6.70. The van der Waals surface area contributed by atoms with Crippen molar-refractivity contribution in [3.63, 3.8) is 0 Å². The Balaban J connectivity index is 1.57. The van der Waals surface area contributed by atoms with E-state index in [-0.39, 0.29) is 23.0 Å². The van der Waals surface area contributed by atoms with E-state index in [1.165, 1.54) is 30.3 Å². The lowest BCUT2D eigenvalue weighted by molar-refractivity contribution is -0.153. The lowest BCUT2D eigenvalue weighted by Gasteiger charge is -2.35. The van der Waals surface area contributed by atoms with Gasteiger partial charge >= 0.3 is 6.18 Å². The summed E-state index contributed by atoms with van der Waals surface area (Å²) < 4.78 is 55.5. The summed E-state index contributed by atoms with van der Waals surface area (Å²) in [5.41, 5.74) is 0.679. The van der Waals surface area contributed by atoms with Gasteiger partial charge in [-0.1, -0.05) is 23.7 Å². The zero-order valence-electron chi connectivity index (χ0n) is 15.4. The minimum atomic E-state index is -4.45. The van der Waals surface area contributed by atoms with Gasteiger partial charge in [0.1, 0.15) is 11.6 Å².